The Bertz CT molecular complexity index is 858. The zero-order valence-corrected chi connectivity index (χ0v) is 14.6. The zero-order chi connectivity index (χ0) is 16.2. The van der Waals surface area contributed by atoms with Crippen LogP contribution in [0.2, 0.25) is 0 Å². The van der Waals surface area contributed by atoms with Gasteiger partial charge in [-0.1, -0.05) is 60.3 Å². The van der Waals surface area contributed by atoms with E-state index in [0.29, 0.717) is 0 Å². The molecule has 24 heavy (non-hydrogen) atoms. The molecule has 0 saturated heterocycles. The molecule has 0 radical (unpaired) electrons. The molecule has 0 atom stereocenters. The number of rotatable bonds is 4. The third kappa shape index (κ3) is 3.34. The lowest BCUT2D eigenvalue weighted by atomic mass is 10.2. The summed E-state index contributed by atoms with van der Waals surface area (Å²) >= 11 is 3.08. The first-order valence-electron chi connectivity index (χ1n) is 7.85. The minimum Gasteiger partial charge on any atom is -0.370 e. The van der Waals surface area contributed by atoms with Crippen LogP contribution in [0.5, 0.6) is 0 Å². The Hall–Kier alpha value is -2.18. The molecule has 0 saturated carbocycles. The van der Waals surface area contributed by atoms with Crippen LogP contribution in [-0.2, 0) is 0 Å². The highest BCUT2D eigenvalue weighted by Gasteiger charge is 2.14. The summed E-state index contributed by atoms with van der Waals surface area (Å²) in [6, 6.07) is 18.4. The van der Waals surface area contributed by atoms with Crippen molar-refractivity contribution >= 4 is 29.1 Å². The molecule has 3 aromatic rings. The topological polar surface area (TPSA) is 50.2 Å². The molecule has 4 rings (SSSR count). The van der Waals surface area contributed by atoms with Gasteiger partial charge in [-0.2, -0.15) is 4.37 Å². The molecule has 6 heteroatoms. The molecule has 1 aromatic heterocycles. The average molecular weight is 352 g/mol. The van der Waals surface area contributed by atoms with Crippen molar-refractivity contribution in [2.75, 3.05) is 13.1 Å². The molecule has 0 aliphatic carbocycles. The summed E-state index contributed by atoms with van der Waals surface area (Å²) < 4.78 is 5.43. The number of aromatic nitrogens is 2. The smallest absolute Gasteiger partial charge is 0.175 e. The van der Waals surface area contributed by atoms with Crippen molar-refractivity contribution in [3.05, 3.63) is 60.2 Å². The maximum absolute atomic E-state index is 4.67. The van der Waals surface area contributed by atoms with Crippen molar-refractivity contribution in [3.8, 4) is 11.4 Å². The van der Waals surface area contributed by atoms with Crippen molar-refractivity contribution < 1.29 is 0 Å². The quantitative estimate of drug-likeness (QED) is 0.768. The molecular formula is C18H16N4S2. The minimum atomic E-state index is 0.786. The highest BCUT2D eigenvalue weighted by atomic mass is 32.2. The number of nitrogens with zero attached hydrogens (tertiary/aromatic N) is 3. The first-order chi connectivity index (χ1) is 11.9. The highest BCUT2D eigenvalue weighted by Crippen LogP contribution is 2.33. The lowest BCUT2D eigenvalue weighted by Crippen LogP contribution is -2.30. The van der Waals surface area contributed by atoms with Gasteiger partial charge in [-0.15, -0.1) is 0 Å². The molecule has 120 valence electrons. The van der Waals surface area contributed by atoms with Crippen LogP contribution in [0, 0.1) is 0 Å². The maximum atomic E-state index is 4.67. The summed E-state index contributed by atoms with van der Waals surface area (Å²) in [5.74, 6) is 1.77. The molecule has 0 bridgehead atoms. The Kier molecular flexibility index (Phi) is 4.57. The van der Waals surface area contributed by atoms with E-state index in [9.17, 15) is 0 Å². The maximum Gasteiger partial charge on any atom is 0.175 e. The summed E-state index contributed by atoms with van der Waals surface area (Å²) in [6.07, 6.45) is 1.09. The van der Waals surface area contributed by atoms with Gasteiger partial charge < -0.3 is 5.32 Å². The van der Waals surface area contributed by atoms with Crippen LogP contribution in [0.1, 0.15) is 12.0 Å². The van der Waals surface area contributed by atoms with Gasteiger partial charge in [0.2, 0.25) is 0 Å². The Labute approximate surface area is 149 Å². The van der Waals surface area contributed by atoms with Crippen LogP contribution >= 0.6 is 23.3 Å². The Morgan fingerprint density at radius 3 is 2.67 bits per heavy atom. The van der Waals surface area contributed by atoms with Gasteiger partial charge in [-0.3, -0.25) is 4.99 Å². The molecule has 1 N–H and O–H groups in total. The van der Waals surface area contributed by atoms with Crippen LogP contribution in [0.15, 0.2) is 68.8 Å². The predicted molar refractivity (Wildman–Crippen MR) is 99.9 cm³/mol. The van der Waals surface area contributed by atoms with Gasteiger partial charge in [0.05, 0.1) is 0 Å². The van der Waals surface area contributed by atoms with Gasteiger partial charge in [0.25, 0.3) is 0 Å². The monoisotopic (exact) mass is 352 g/mol. The van der Waals surface area contributed by atoms with E-state index in [1.54, 1.807) is 11.8 Å². The van der Waals surface area contributed by atoms with Crippen LogP contribution < -0.4 is 5.32 Å². The normalized spacial score (nSPS) is 14.1. The van der Waals surface area contributed by atoms with Crippen LogP contribution in [0.4, 0.5) is 0 Å². The van der Waals surface area contributed by atoms with Gasteiger partial charge in [0, 0.05) is 29.1 Å². The Morgan fingerprint density at radius 2 is 1.83 bits per heavy atom. The van der Waals surface area contributed by atoms with Gasteiger partial charge in [-0.05, 0) is 24.0 Å². The number of hydrogen-bond acceptors (Lipinski definition) is 6. The summed E-state index contributed by atoms with van der Waals surface area (Å²) in [5, 5.41) is 3.40. The Balaban J connectivity index is 1.60. The fourth-order valence-corrected chi connectivity index (χ4v) is 4.22. The Morgan fingerprint density at radius 1 is 1.00 bits per heavy atom. The third-order valence-corrected chi connectivity index (χ3v) is 5.50. The molecule has 2 heterocycles. The SMILES string of the molecule is c1ccc(-c2nsc(Sc3ccccc3C3=NCCCN3)n2)cc1. The van der Waals surface area contributed by atoms with Crippen LogP contribution in [0.3, 0.4) is 0 Å². The summed E-state index contributed by atoms with van der Waals surface area (Å²) in [6.45, 7) is 1.87. The molecule has 0 spiro atoms. The number of benzene rings is 2. The van der Waals surface area contributed by atoms with Crippen LogP contribution in [-0.4, -0.2) is 28.3 Å². The second kappa shape index (κ2) is 7.15. The number of aliphatic imine (C=N–C) groups is 1. The second-order valence-corrected chi connectivity index (χ2v) is 7.40. The second-order valence-electron chi connectivity index (χ2n) is 5.36. The number of hydrogen-bond donors (Lipinski definition) is 1. The molecular weight excluding hydrogens is 336 g/mol. The van der Waals surface area contributed by atoms with E-state index in [4.69, 9.17) is 0 Å². The first-order valence-corrected chi connectivity index (χ1v) is 9.44. The molecule has 1 aliphatic rings. The molecule has 1 aliphatic heterocycles. The zero-order valence-electron chi connectivity index (χ0n) is 13.0. The van der Waals surface area contributed by atoms with Gasteiger partial charge in [-0.25, -0.2) is 4.98 Å². The van der Waals surface area contributed by atoms with Crippen molar-refractivity contribution in [2.45, 2.75) is 15.7 Å². The van der Waals surface area contributed by atoms with E-state index in [1.165, 1.54) is 11.5 Å². The molecule has 4 nitrogen and oxygen atoms in total. The molecule has 0 amide bonds. The van der Waals surface area contributed by atoms with E-state index in [1.807, 2.05) is 42.5 Å². The van der Waals surface area contributed by atoms with Crippen molar-refractivity contribution in [1.29, 1.82) is 0 Å². The third-order valence-electron chi connectivity index (χ3n) is 3.68. The van der Waals surface area contributed by atoms with E-state index >= 15 is 0 Å². The molecule has 0 unspecified atom stereocenters. The highest BCUT2D eigenvalue weighted by molar-refractivity contribution is 8.01. The van der Waals surface area contributed by atoms with E-state index < -0.39 is 0 Å². The van der Waals surface area contributed by atoms with E-state index in [2.05, 4.69) is 31.8 Å². The largest absolute Gasteiger partial charge is 0.370 e. The minimum absolute atomic E-state index is 0.786. The van der Waals surface area contributed by atoms with Gasteiger partial charge in [0.1, 0.15) is 5.84 Å². The van der Waals surface area contributed by atoms with E-state index in [0.717, 1.165) is 51.5 Å². The summed E-state index contributed by atoms with van der Waals surface area (Å²) in [7, 11) is 0. The summed E-state index contributed by atoms with van der Waals surface area (Å²) in [5.41, 5.74) is 2.19. The molecule has 2 aromatic carbocycles. The lowest BCUT2D eigenvalue weighted by molar-refractivity contribution is 0.741. The van der Waals surface area contributed by atoms with Crippen LogP contribution in [0.25, 0.3) is 11.4 Å². The molecule has 0 fully saturated rings. The van der Waals surface area contributed by atoms with Crippen molar-refractivity contribution in [2.24, 2.45) is 4.99 Å². The first kappa shape index (κ1) is 15.4. The van der Waals surface area contributed by atoms with E-state index in [-0.39, 0.29) is 0 Å². The fraction of sp³-hybridized carbons (Fsp3) is 0.167. The average Bonchev–Trinajstić information content (AvgIpc) is 3.12. The predicted octanol–water partition coefficient (Wildman–Crippen LogP) is 4.10. The van der Waals surface area contributed by atoms with Gasteiger partial charge in [0.15, 0.2) is 10.2 Å². The fourth-order valence-electron chi connectivity index (χ4n) is 2.51. The number of amidine groups is 1. The number of nitrogens with one attached hydrogen (secondary N) is 1. The lowest BCUT2D eigenvalue weighted by Gasteiger charge is -2.16. The van der Waals surface area contributed by atoms with Gasteiger partial charge >= 0.3 is 0 Å². The standard InChI is InChI=1S/C18H16N4S2/c1-2-7-13(8-3-1)16-21-18(24-22-16)23-15-10-5-4-9-14(15)17-19-11-6-12-20-17/h1-5,7-10H,6,11-12H2,(H,19,20). The van der Waals surface area contributed by atoms with Crippen molar-refractivity contribution in [1.82, 2.24) is 14.7 Å². The van der Waals surface area contributed by atoms with Crippen molar-refractivity contribution in [3.63, 3.8) is 0 Å². The summed E-state index contributed by atoms with van der Waals surface area (Å²) in [4.78, 5) is 10.4.